The first kappa shape index (κ1) is 16.8. The van der Waals surface area contributed by atoms with Gasteiger partial charge in [0.1, 0.15) is 5.82 Å². The van der Waals surface area contributed by atoms with Crippen LogP contribution < -0.4 is 4.90 Å². The van der Waals surface area contributed by atoms with Gasteiger partial charge < -0.3 is 4.90 Å². The predicted molar refractivity (Wildman–Crippen MR) is 98.6 cm³/mol. The molecular weight excluding hydrogens is 343 g/mol. The summed E-state index contributed by atoms with van der Waals surface area (Å²) in [6.07, 6.45) is 4.64. The number of nitrogens with zero attached hydrogens (tertiary/aromatic N) is 4. The second-order valence-electron chi connectivity index (χ2n) is 6.09. The van der Waals surface area contributed by atoms with Gasteiger partial charge in [0.15, 0.2) is 6.17 Å². The smallest absolute Gasteiger partial charge is 0.157 e. The largest absolute Gasteiger partial charge is 0.319 e. The van der Waals surface area contributed by atoms with Crippen LogP contribution in [0.2, 0.25) is 0 Å². The second kappa shape index (κ2) is 6.90. The number of hydrogen-bond acceptors (Lipinski definition) is 5. The first-order valence-corrected chi connectivity index (χ1v) is 8.31. The first-order chi connectivity index (χ1) is 13.2. The van der Waals surface area contributed by atoms with Crippen molar-refractivity contribution in [3.05, 3.63) is 102 Å². The van der Waals surface area contributed by atoms with E-state index in [1.807, 2.05) is 35.4 Å². The van der Waals surface area contributed by atoms with Crippen molar-refractivity contribution in [3.63, 3.8) is 0 Å². The van der Waals surface area contributed by atoms with Gasteiger partial charge in [-0.25, -0.2) is 9.45 Å². The van der Waals surface area contributed by atoms with Gasteiger partial charge in [0.25, 0.3) is 0 Å². The minimum atomic E-state index is -0.528. The van der Waals surface area contributed by atoms with Gasteiger partial charge in [-0.2, -0.15) is 5.26 Å². The number of rotatable bonds is 3. The molecule has 132 valence electrons. The van der Waals surface area contributed by atoms with Crippen LogP contribution in [-0.2, 0) is 0 Å². The Morgan fingerprint density at radius 2 is 1.63 bits per heavy atom. The fourth-order valence-corrected chi connectivity index (χ4v) is 3.10. The molecule has 6 heteroatoms. The van der Waals surface area contributed by atoms with Crippen molar-refractivity contribution in [2.24, 2.45) is 0 Å². The van der Waals surface area contributed by atoms with Crippen molar-refractivity contribution < 1.29 is 9.60 Å². The SMILES string of the molecule is N#Cc1ccc(C2N(O)C(c3ccc(F)cc3)=CN2c2ccncc2)cc1. The van der Waals surface area contributed by atoms with Gasteiger partial charge >= 0.3 is 0 Å². The zero-order valence-corrected chi connectivity index (χ0v) is 14.2. The molecule has 5 nitrogen and oxygen atoms in total. The van der Waals surface area contributed by atoms with Gasteiger partial charge in [0.05, 0.1) is 17.3 Å². The first-order valence-electron chi connectivity index (χ1n) is 8.31. The van der Waals surface area contributed by atoms with Crippen LogP contribution in [0.4, 0.5) is 10.1 Å². The average molecular weight is 358 g/mol. The summed E-state index contributed by atoms with van der Waals surface area (Å²) in [5, 5.41) is 21.1. The maximum atomic E-state index is 13.3. The Hall–Kier alpha value is -3.69. The zero-order valence-electron chi connectivity index (χ0n) is 14.2. The molecule has 0 radical (unpaired) electrons. The highest BCUT2D eigenvalue weighted by atomic mass is 19.1. The molecule has 0 bridgehead atoms. The van der Waals surface area contributed by atoms with Crippen LogP contribution in [0.25, 0.3) is 5.70 Å². The average Bonchev–Trinajstić information content (AvgIpc) is 3.06. The summed E-state index contributed by atoms with van der Waals surface area (Å²) in [7, 11) is 0. The van der Waals surface area contributed by atoms with Gasteiger partial charge in [-0.3, -0.25) is 10.2 Å². The minimum Gasteiger partial charge on any atom is -0.319 e. The standard InChI is InChI=1S/C21H15FN4O/c22-18-7-5-16(6-8-18)20-14-25(19-9-11-24-12-10-19)21(26(20)27)17-3-1-15(13-23)2-4-17/h1-12,14,21,27H. The Kier molecular flexibility index (Phi) is 4.29. The van der Waals surface area contributed by atoms with Crippen LogP contribution in [0.3, 0.4) is 0 Å². The fraction of sp³-hybridized carbons (Fsp3) is 0.0476. The van der Waals surface area contributed by atoms with Crippen molar-refractivity contribution in [1.29, 1.82) is 5.26 Å². The third-order valence-corrected chi connectivity index (χ3v) is 4.44. The monoisotopic (exact) mass is 358 g/mol. The number of anilines is 1. The van der Waals surface area contributed by atoms with Gasteiger partial charge in [0.2, 0.25) is 0 Å². The van der Waals surface area contributed by atoms with Crippen LogP contribution in [-0.4, -0.2) is 15.3 Å². The van der Waals surface area contributed by atoms with E-state index in [4.69, 9.17) is 5.26 Å². The third-order valence-electron chi connectivity index (χ3n) is 4.44. The van der Waals surface area contributed by atoms with Crippen molar-refractivity contribution in [2.45, 2.75) is 6.17 Å². The normalized spacial score (nSPS) is 16.2. The molecule has 0 saturated heterocycles. The molecule has 0 amide bonds. The lowest BCUT2D eigenvalue weighted by atomic mass is 10.1. The Bertz CT molecular complexity index is 1010. The van der Waals surface area contributed by atoms with E-state index in [0.717, 1.165) is 16.3 Å². The molecule has 0 fully saturated rings. The van der Waals surface area contributed by atoms with Crippen molar-refractivity contribution in [3.8, 4) is 6.07 Å². The quantitative estimate of drug-likeness (QED) is 0.756. The number of hydroxylamine groups is 2. The van der Waals surface area contributed by atoms with E-state index in [-0.39, 0.29) is 5.82 Å². The van der Waals surface area contributed by atoms with Crippen LogP contribution in [0, 0.1) is 17.1 Å². The van der Waals surface area contributed by atoms with E-state index in [0.29, 0.717) is 16.8 Å². The summed E-state index contributed by atoms with van der Waals surface area (Å²) in [6, 6.07) is 18.8. The summed E-state index contributed by atoms with van der Waals surface area (Å²) in [6.45, 7) is 0. The van der Waals surface area contributed by atoms with Gasteiger partial charge in [0, 0.05) is 29.8 Å². The van der Waals surface area contributed by atoms with E-state index in [9.17, 15) is 9.60 Å². The molecule has 0 spiro atoms. The summed E-state index contributed by atoms with van der Waals surface area (Å²) in [5.74, 6) is -0.337. The Morgan fingerprint density at radius 3 is 2.26 bits per heavy atom. The van der Waals surface area contributed by atoms with Crippen LogP contribution in [0.1, 0.15) is 22.9 Å². The van der Waals surface area contributed by atoms with Crippen molar-refractivity contribution in [2.75, 3.05) is 4.90 Å². The van der Waals surface area contributed by atoms with E-state index in [1.54, 1.807) is 36.7 Å². The Morgan fingerprint density at radius 1 is 0.963 bits per heavy atom. The summed E-state index contributed by atoms with van der Waals surface area (Å²) in [5.41, 5.74) is 3.43. The number of hydrogen-bond donors (Lipinski definition) is 1. The molecule has 2 heterocycles. The maximum absolute atomic E-state index is 13.3. The fourth-order valence-electron chi connectivity index (χ4n) is 3.10. The van der Waals surface area contributed by atoms with Gasteiger partial charge in [-0.05, 0) is 54.1 Å². The lowest BCUT2D eigenvalue weighted by molar-refractivity contribution is -0.0574. The number of halogens is 1. The summed E-state index contributed by atoms with van der Waals surface area (Å²) >= 11 is 0. The van der Waals surface area contributed by atoms with E-state index < -0.39 is 6.17 Å². The molecular formula is C21H15FN4O. The molecule has 0 aliphatic carbocycles. The lowest BCUT2D eigenvalue weighted by Gasteiger charge is -2.30. The van der Waals surface area contributed by atoms with E-state index >= 15 is 0 Å². The summed E-state index contributed by atoms with van der Waals surface area (Å²) in [4.78, 5) is 5.95. The zero-order chi connectivity index (χ0) is 18.8. The highest BCUT2D eigenvalue weighted by Crippen LogP contribution is 2.40. The molecule has 1 aliphatic rings. The molecule has 27 heavy (non-hydrogen) atoms. The molecule has 1 N–H and O–H groups in total. The lowest BCUT2D eigenvalue weighted by Crippen LogP contribution is -2.29. The minimum absolute atomic E-state index is 0.337. The van der Waals surface area contributed by atoms with E-state index in [2.05, 4.69) is 11.1 Å². The number of nitriles is 1. The highest BCUT2D eigenvalue weighted by Gasteiger charge is 2.34. The summed E-state index contributed by atoms with van der Waals surface area (Å²) < 4.78 is 13.3. The highest BCUT2D eigenvalue weighted by molar-refractivity contribution is 5.72. The maximum Gasteiger partial charge on any atom is 0.157 e. The third kappa shape index (κ3) is 3.12. The number of pyridine rings is 1. The number of aromatic nitrogens is 1. The molecule has 3 aromatic rings. The number of benzene rings is 2. The topological polar surface area (TPSA) is 63.4 Å². The van der Waals surface area contributed by atoms with Gasteiger partial charge in [-0.15, -0.1) is 0 Å². The Balaban J connectivity index is 1.79. The predicted octanol–water partition coefficient (Wildman–Crippen LogP) is 4.30. The van der Waals surface area contributed by atoms with Crippen molar-refractivity contribution in [1.82, 2.24) is 10.0 Å². The van der Waals surface area contributed by atoms with Crippen LogP contribution >= 0.6 is 0 Å². The second-order valence-corrected chi connectivity index (χ2v) is 6.09. The Labute approximate surface area is 155 Å². The van der Waals surface area contributed by atoms with Crippen LogP contribution in [0.15, 0.2) is 79.3 Å². The molecule has 1 unspecified atom stereocenters. The van der Waals surface area contributed by atoms with E-state index in [1.165, 1.54) is 12.1 Å². The van der Waals surface area contributed by atoms with Crippen LogP contribution in [0.5, 0.6) is 0 Å². The molecule has 0 saturated carbocycles. The molecule has 4 rings (SSSR count). The molecule has 1 atom stereocenters. The van der Waals surface area contributed by atoms with Gasteiger partial charge in [-0.1, -0.05) is 12.1 Å². The van der Waals surface area contributed by atoms with Crippen molar-refractivity contribution >= 4 is 11.4 Å². The molecule has 1 aromatic heterocycles. The molecule has 1 aliphatic heterocycles. The molecule has 2 aromatic carbocycles.